The van der Waals surface area contributed by atoms with E-state index >= 15 is 0 Å². The third-order valence-electron chi connectivity index (χ3n) is 6.81. The molecule has 2 aromatic rings. The SMILES string of the molecule is C[C@]12CC[C@@H](CNC(=O)c3cccc(F)c3)[C@H](O)[C@](C)(C[C@@H](c3ccccc3)C1)O2. The minimum Gasteiger partial charge on any atom is -0.390 e. The Morgan fingerprint density at radius 2 is 1.93 bits per heavy atom. The summed E-state index contributed by atoms with van der Waals surface area (Å²) in [7, 11) is 0. The first-order valence-corrected chi connectivity index (χ1v) is 10.7. The van der Waals surface area contributed by atoms with E-state index in [2.05, 4.69) is 36.5 Å². The van der Waals surface area contributed by atoms with Gasteiger partial charge in [-0.25, -0.2) is 4.39 Å². The van der Waals surface area contributed by atoms with Gasteiger partial charge in [0.1, 0.15) is 5.82 Å². The van der Waals surface area contributed by atoms with Gasteiger partial charge in [-0.15, -0.1) is 0 Å². The predicted octanol–water partition coefficient (Wildman–Crippen LogP) is 4.44. The lowest BCUT2D eigenvalue weighted by atomic mass is 9.74. The first-order chi connectivity index (χ1) is 14.3. The zero-order valence-corrected chi connectivity index (χ0v) is 17.6. The summed E-state index contributed by atoms with van der Waals surface area (Å²) in [5.41, 5.74) is 0.576. The molecule has 2 aliphatic rings. The number of ether oxygens (including phenoxy) is 1. The Labute approximate surface area is 177 Å². The molecular formula is C25H30FNO3. The third kappa shape index (κ3) is 4.28. The van der Waals surface area contributed by atoms with Crippen molar-refractivity contribution in [1.82, 2.24) is 5.32 Å². The van der Waals surface area contributed by atoms with E-state index < -0.39 is 17.5 Å². The highest BCUT2D eigenvalue weighted by Gasteiger charge is 2.52. The molecule has 2 bridgehead atoms. The molecule has 0 saturated carbocycles. The van der Waals surface area contributed by atoms with Crippen LogP contribution in [0.2, 0.25) is 0 Å². The van der Waals surface area contributed by atoms with Gasteiger partial charge in [0, 0.05) is 18.0 Å². The highest BCUT2D eigenvalue weighted by Crippen LogP contribution is 2.50. The summed E-state index contributed by atoms with van der Waals surface area (Å²) < 4.78 is 19.9. The van der Waals surface area contributed by atoms with Crippen molar-refractivity contribution in [1.29, 1.82) is 0 Å². The summed E-state index contributed by atoms with van der Waals surface area (Å²) in [6.45, 7) is 4.47. The number of nitrogens with one attached hydrogen (secondary N) is 1. The Balaban J connectivity index is 1.49. The van der Waals surface area contributed by atoms with Gasteiger partial charge in [-0.3, -0.25) is 4.79 Å². The maximum absolute atomic E-state index is 13.4. The largest absolute Gasteiger partial charge is 0.390 e. The molecule has 2 saturated heterocycles. The number of halogens is 1. The summed E-state index contributed by atoms with van der Waals surface area (Å²) in [6.07, 6.45) is 2.55. The van der Waals surface area contributed by atoms with E-state index in [1.54, 1.807) is 6.07 Å². The molecule has 4 nitrogen and oxygen atoms in total. The molecule has 0 spiro atoms. The minimum absolute atomic E-state index is 0.121. The van der Waals surface area contributed by atoms with Gasteiger partial charge in [0.05, 0.1) is 17.3 Å². The molecule has 2 fully saturated rings. The predicted molar refractivity (Wildman–Crippen MR) is 114 cm³/mol. The molecular weight excluding hydrogens is 381 g/mol. The van der Waals surface area contributed by atoms with Crippen LogP contribution in [-0.2, 0) is 4.74 Å². The molecule has 1 amide bonds. The summed E-state index contributed by atoms with van der Waals surface area (Å²) in [5.74, 6) is -0.561. The molecule has 0 aliphatic carbocycles. The van der Waals surface area contributed by atoms with Gasteiger partial charge in [0.15, 0.2) is 0 Å². The second kappa shape index (κ2) is 8.12. The smallest absolute Gasteiger partial charge is 0.251 e. The topological polar surface area (TPSA) is 58.6 Å². The van der Waals surface area contributed by atoms with Crippen LogP contribution in [0.3, 0.4) is 0 Å². The fourth-order valence-corrected chi connectivity index (χ4v) is 5.34. The number of amides is 1. The molecule has 0 unspecified atom stereocenters. The number of carbonyl (C=O) groups excluding carboxylic acids is 1. The van der Waals surface area contributed by atoms with Gasteiger partial charge in [-0.1, -0.05) is 36.4 Å². The molecule has 0 aromatic heterocycles. The van der Waals surface area contributed by atoms with Crippen molar-refractivity contribution < 1.29 is 19.0 Å². The molecule has 160 valence electrons. The maximum atomic E-state index is 13.4. The van der Waals surface area contributed by atoms with Crippen LogP contribution in [0.15, 0.2) is 54.6 Å². The van der Waals surface area contributed by atoms with Crippen LogP contribution in [0.5, 0.6) is 0 Å². The van der Waals surface area contributed by atoms with E-state index in [1.807, 2.05) is 13.0 Å². The second-order valence-corrected chi connectivity index (χ2v) is 9.34. The van der Waals surface area contributed by atoms with E-state index in [0.29, 0.717) is 12.5 Å². The zero-order chi connectivity index (χ0) is 21.4. The van der Waals surface area contributed by atoms with Crippen molar-refractivity contribution in [3.05, 3.63) is 71.5 Å². The normalized spacial score (nSPS) is 33.5. The summed E-state index contributed by atoms with van der Waals surface area (Å²) in [6, 6.07) is 16.1. The number of carbonyl (C=O) groups is 1. The number of fused-ring (bicyclic) bond motifs is 2. The molecule has 2 aliphatic heterocycles. The van der Waals surface area contributed by atoms with Crippen molar-refractivity contribution in [3.8, 4) is 0 Å². The maximum Gasteiger partial charge on any atom is 0.251 e. The monoisotopic (exact) mass is 411 g/mol. The summed E-state index contributed by atoms with van der Waals surface area (Å²) in [4.78, 5) is 12.4. The van der Waals surface area contributed by atoms with Crippen LogP contribution >= 0.6 is 0 Å². The Hall–Kier alpha value is -2.24. The zero-order valence-electron chi connectivity index (χ0n) is 17.6. The van der Waals surface area contributed by atoms with Gasteiger partial charge >= 0.3 is 0 Å². The van der Waals surface area contributed by atoms with Crippen molar-refractivity contribution in [2.45, 2.75) is 62.8 Å². The molecule has 5 atom stereocenters. The van der Waals surface area contributed by atoms with Crippen molar-refractivity contribution in [2.24, 2.45) is 5.92 Å². The van der Waals surface area contributed by atoms with Gasteiger partial charge in [-0.05, 0) is 69.2 Å². The molecule has 0 radical (unpaired) electrons. The molecule has 2 aromatic carbocycles. The van der Waals surface area contributed by atoms with E-state index in [4.69, 9.17) is 4.74 Å². The van der Waals surface area contributed by atoms with Crippen LogP contribution in [-0.4, -0.2) is 34.9 Å². The van der Waals surface area contributed by atoms with Crippen LogP contribution in [0.4, 0.5) is 4.39 Å². The first-order valence-electron chi connectivity index (χ1n) is 10.7. The quantitative estimate of drug-likeness (QED) is 0.782. The van der Waals surface area contributed by atoms with E-state index in [0.717, 1.165) is 25.7 Å². The average molecular weight is 412 g/mol. The minimum atomic E-state index is -0.696. The second-order valence-electron chi connectivity index (χ2n) is 9.34. The van der Waals surface area contributed by atoms with Gasteiger partial charge < -0.3 is 15.2 Å². The van der Waals surface area contributed by atoms with Crippen molar-refractivity contribution in [3.63, 3.8) is 0 Å². The molecule has 5 heteroatoms. The molecule has 2 N–H and O–H groups in total. The van der Waals surface area contributed by atoms with Crippen LogP contribution in [0.1, 0.15) is 61.4 Å². The summed E-state index contributed by atoms with van der Waals surface area (Å²) >= 11 is 0. The van der Waals surface area contributed by atoms with E-state index in [9.17, 15) is 14.3 Å². The summed E-state index contributed by atoms with van der Waals surface area (Å²) in [5, 5.41) is 14.2. The number of rotatable bonds is 4. The van der Waals surface area contributed by atoms with Gasteiger partial charge in [0.2, 0.25) is 0 Å². The van der Waals surface area contributed by atoms with Crippen LogP contribution in [0, 0.1) is 11.7 Å². The molecule has 2 heterocycles. The Bertz CT molecular complexity index is 904. The fraction of sp³-hybridized carbons (Fsp3) is 0.480. The lowest BCUT2D eigenvalue weighted by Crippen LogP contribution is -2.54. The molecule has 4 rings (SSSR count). The Morgan fingerprint density at radius 1 is 1.17 bits per heavy atom. The van der Waals surface area contributed by atoms with Gasteiger partial charge in [-0.2, -0.15) is 0 Å². The average Bonchev–Trinajstić information content (AvgIpc) is 2.79. The highest BCUT2D eigenvalue weighted by molar-refractivity contribution is 5.94. The van der Waals surface area contributed by atoms with Crippen molar-refractivity contribution >= 4 is 5.91 Å². The standard InChI is InChI=1S/C25H30FNO3/c1-24-12-11-19(16-27-23(29)18-9-6-10-21(26)13-18)22(28)25(2,30-24)15-20(14-24)17-7-4-3-5-8-17/h3-10,13,19-20,22,28H,11-12,14-16H2,1-2H3,(H,27,29)/t19-,20-,22-,24-,25-/m0/s1. The van der Waals surface area contributed by atoms with E-state index in [1.165, 1.54) is 23.8 Å². The van der Waals surface area contributed by atoms with Crippen molar-refractivity contribution in [2.75, 3.05) is 6.54 Å². The lowest BCUT2D eigenvalue weighted by Gasteiger charge is -2.49. The Kier molecular flexibility index (Phi) is 5.69. The van der Waals surface area contributed by atoms with Crippen LogP contribution in [0.25, 0.3) is 0 Å². The fourth-order valence-electron chi connectivity index (χ4n) is 5.34. The lowest BCUT2D eigenvalue weighted by molar-refractivity contribution is -0.215. The Morgan fingerprint density at radius 3 is 2.67 bits per heavy atom. The number of hydrogen-bond donors (Lipinski definition) is 2. The first kappa shape index (κ1) is 21.0. The number of hydrogen-bond acceptors (Lipinski definition) is 3. The third-order valence-corrected chi connectivity index (χ3v) is 6.81. The number of aliphatic hydroxyl groups is 1. The van der Waals surface area contributed by atoms with Gasteiger partial charge in [0.25, 0.3) is 5.91 Å². The van der Waals surface area contributed by atoms with Crippen LogP contribution < -0.4 is 5.32 Å². The molecule has 30 heavy (non-hydrogen) atoms. The highest BCUT2D eigenvalue weighted by atomic mass is 19.1. The number of benzene rings is 2. The number of aliphatic hydroxyl groups excluding tert-OH is 1. The van der Waals surface area contributed by atoms with E-state index in [-0.39, 0.29) is 23.0 Å².